The van der Waals surface area contributed by atoms with E-state index < -0.39 is 0 Å². The van der Waals surface area contributed by atoms with Crippen molar-refractivity contribution in [2.24, 2.45) is 0 Å². The van der Waals surface area contributed by atoms with E-state index in [1.54, 1.807) is 4.90 Å². The fourth-order valence-corrected chi connectivity index (χ4v) is 1.96. The molecular weight excluding hydrogens is 214 g/mol. The zero-order valence-electron chi connectivity index (χ0n) is 10.1. The van der Waals surface area contributed by atoms with Crippen LogP contribution >= 0.6 is 0 Å². The smallest absolute Gasteiger partial charge is 0.410 e. The normalized spacial score (nSPS) is 15.4. The second kappa shape index (κ2) is 5.53. The van der Waals surface area contributed by atoms with E-state index in [1.165, 1.54) is 11.1 Å². The summed E-state index contributed by atoms with van der Waals surface area (Å²) in [6.45, 7) is 3.64. The van der Waals surface area contributed by atoms with Crippen molar-refractivity contribution in [3.8, 4) is 0 Å². The Labute approximate surface area is 102 Å². The van der Waals surface area contributed by atoms with Crippen molar-refractivity contribution in [3.63, 3.8) is 0 Å². The van der Waals surface area contributed by atoms with Crippen LogP contribution in [0, 0.1) is 0 Å². The fourth-order valence-electron chi connectivity index (χ4n) is 1.96. The third-order valence-corrected chi connectivity index (χ3v) is 2.88. The first kappa shape index (κ1) is 11.7. The summed E-state index contributed by atoms with van der Waals surface area (Å²) in [4.78, 5) is 13.2. The Bertz CT molecular complexity index is 411. The molecule has 0 bridgehead atoms. The summed E-state index contributed by atoms with van der Waals surface area (Å²) < 4.78 is 4.98. The van der Waals surface area contributed by atoms with Crippen LogP contribution in [0.25, 0.3) is 5.57 Å². The minimum absolute atomic E-state index is 0.212. The summed E-state index contributed by atoms with van der Waals surface area (Å²) in [6, 6.07) is 10.3. The van der Waals surface area contributed by atoms with Gasteiger partial charge in [-0.1, -0.05) is 36.4 Å². The monoisotopic (exact) mass is 231 g/mol. The molecule has 90 valence electrons. The highest BCUT2D eigenvalue weighted by Gasteiger charge is 2.18. The predicted octanol–water partition coefficient (Wildman–Crippen LogP) is 2.93. The number of benzene rings is 1. The van der Waals surface area contributed by atoms with Crippen LogP contribution in [-0.2, 0) is 4.74 Å². The molecule has 1 aliphatic rings. The highest BCUT2D eigenvalue weighted by molar-refractivity contribution is 5.72. The number of carbonyl (C=O) groups is 1. The number of hydrogen-bond acceptors (Lipinski definition) is 2. The van der Waals surface area contributed by atoms with Gasteiger partial charge in [-0.2, -0.15) is 0 Å². The Kier molecular flexibility index (Phi) is 3.81. The molecule has 0 radical (unpaired) electrons. The van der Waals surface area contributed by atoms with Gasteiger partial charge in [-0.15, -0.1) is 0 Å². The lowest BCUT2D eigenvalue weighted by Gasteiger charge is -2.25. The molecule has 1 aliphatic heterocycles. The van der Waals surface area contributed by atoms with Gasteiger partial charge in [0.15, 0.2) is 0 Å². The van der Waals surface area contributed by atoms with Crippen molar-refractivity contribution in [1.29, 1.82) is 0 Å². The molecule has 17 heavy (non-hydrogen) atoms. The van der Waals surface area contributed by atoms with Crippen molar-refractivity contribution >= 4 is 11.7 Å². The van der Waals surface area contributed by atoms with Crippen LogP contribution in [-0.4, -0.2) is 30.7 Å². The van der Waals surface area contributed by atoms with Crippen molar-refractivity contribution in [1.82, 2.24) is 4.90 Å². The van der Waals surface area contributed by atoms with Crippen LogP contribution in [0.4, 0.5) is 4.79 Å². The van der Waals surface area contributed by atoms with Gasteiger partial charge in [0.2, 0.25) is 0 Å². The highest BCUT2D eigenvalue weighted by Crippen LogP contribution is 2.22. The molecule has 1 heterocycles. The molecule has 3 heteroatoms. The maximum absolute atomic E-state index is 11.5. The van der Waals surface area contributed by atoms with Gasteiger partial charge >= 0.3 is 6.09 Å². The van der Waals surface area contributed by atoms with E-state index in [1.807, 2.05) is 25.1 Å². The van der Waals surface area contributed by atoms with Gasteiger partial charge in [0, 0.05) is 13.1 Å². The first-order chi connectivity index (χ1) is 8.31. The van der Waals surface area contributed by atoms with Crippen LogP contribution in [0.15, 0.2) is 36.4 Å². The molecule has 2 rings (SSSR count). The summed E-state index contributed by atoms with van der Waals surface area (Å²) in [5, 5.41) is 0. The largest absolute Gasteiger partial charge is 0.450 e. The fraction of sp³-hybridized carbons (Fsp3) is 0.357. The Balaban J connectivity index is 2.00. The Hall–Kier alpha value is -1.77. The lowest BCUT2D eigenvalue weighted by atomic mass is 10.00. The Morgan fingerprint density at radius 3 is 2.71 bits per heavy atom. The molecule has 0 saturated heterocycles. The molecular formula is C14H17NO2. The minimum atomic E-state index is -0.212. The van der Waals surface area contributed by atoms with E-state index in [0.29, 0.717) is 13.2 Å². The molecule has 1 amide bonds. The number of amides is 1. The molecule has 1 aromatic rings. The first-order valence-corrected chi connectivity index (χ1v) is 5.97. The molecule has 0 spiro atoms. The summed E-state index contributed by atoms with van der Waals surface area (Å²) in [5.74, 6) is 0. The second-order valence-corrected chi connectivity index (χ2v) is 3.99. The number of ether oxygens (including phenoxy) is 1. The van der Waals surface area contributed by atoms with E-state index in [4.69, 9.17) is 4.74 Å². The minimum Gasteiger partial charge on any atom is -0.450 e. The standard InChI is InChI=1S/C14H17NO2/c1-2-17-14(16)15-10-8-13(9-11-15)12-6-4-3-5-7-12/h3-8H,2,9-11H2,1H3. The van der Waals surface area contributed by atoms with Crippen LogP contribution in [0.5, 0.6) is 0 Å². The summed E-state index contributed by atoms with van der Waals surface area (Å²) >= 11 is 0. The predicted molar refractivity (Wildman–Crippen MR) is 67.6 cm³/mol. The molecule has 1 aromatic carbocycles. The highest BCUT2D eigenvalue weighted by atomic mass is 16.6. The van der Waals surface area contributed by atoms with Crippen LogP contribution < -0.4 is 0 Å². The molecule has 3 nitrogen and oxygen atoms in total. The second-order valence-electron chi connectivity index (χ2n) is 3.99. The lowest BCUT2D eigenvalue weighted by molar-refractivity contribution is 0.111. The van der Waals surface area contributed by atoms with Crippen molar-refractivity contribution in [3.05, 3.63) is 42.0 Å². The number of hydrogen-bond donors (Lipinski definition) is 0. The van der Waals surface area contributed by atoms with Gasteiger partial charge in [0.25, 0.3) is 0 Å². The third kappa shape index (κ3) is 2.87. The topological polar surface area (TPSA) is 29.5 Å². The summed E-state index contributed by atoms with van der Waals surface area (Å²) in [7, 11) is 0. The molecule has 0 atom stereocenters. The van der Waals surface area contributed by atoms with Gasteiger partial charge < -0.3 is 9.64 Å². The number of carbonyl (C=O) groups excluding carboxylic acids is 1. The van der Waals surface area contributed by atoms with Crippen LogP contribution in [0.3, 0.4) is 0 Å². The number of rotatable bonds is 2. The quantitative estimate of drug-likeness (QED) is 0.783. The van der Waals surface area contributed by atoms with Crippen LogP contribution in [0.2, 0.25) is 0 Å². The third-order valence-electron chi connectivity index (χ3n) is 2.88. The Morgan fingerprint density at radius 2 is 2.12 bits per heavy atom. The average molecular weight is 231 g/mol. The zero-order valence-corrected chi connectivity index (χ0v) is 10.1. The zero-order chi connectivity index (χ0) is 12.1. The molecule has 0 saturated carbocycles. The van der Waals surface area contributed by atoms with Crippen molar-refractivity contribution < 1.29 is 9.53 Å². The Morgan fingerprint density at radius 1 is 1.35 bits per heavy atom. The molecule has 0 fully saturated rings. The number of nitrogens with zero attached hydrogens (tertiary/aromatic N) is 1. The molecule has 0 aliphatic carbocycles. The van der Waals surface area contributed by atoms with Gasteiger partial charge in [-0.05, 0) is 24.5 Å². The van der Waals surface area contributed by atoms with Gasteiger partial charge in [0.05, 0.1) is 6.61 Å². The SMILES string of the molecule is CCOC(=O)N1CC=C(c2ccccc2)CC1. The van der Waals surface area contributed by atoms with E-state index >= 15 is 0 Å². The summed E-state index contributed by atoms with van der Waals surface area (Å²) in [5.41, 5.74) is 2.56. The van der Waals surface area contributed by atoms with Gasteiger partial charge in [-0.3, -0.25) is 0 Å². The van der Waals surface area contributed by atoms with Crippen LogP contribution in [0.1, 0.15) is 18.9 Å². The van der Waals surface area contributed by atoms with E-state index in [0.717, 1.165) is 13.0 Å². The maximum atomic E-state index is 11.5. The summed E-state index contributed by atoms with van der Waals surface area (Å²) in [6.07, 6.45) is 2.79. The van der Waals surface area contributed by atoms with Gasteiger partial charge in [0.1, 0.15) is 0 Å². The van der Waals surface area contributed by atoms with Crippen molar-refractivity contribution in [2.45, 2.75) is 13.3 Å². The first-order valence-electron chi connectivity index (χ1n) is 5.97. The van der Waals surface area contributed by atoms with Gasteiger partial charge in [-0.25, -0.2) is 4.79 Å². The maximum Gasteiger partial charge on any atom is 0.410 e. The van der Waals surface area contributed by atoms with E-state index in [-0.39, 0.29) is 6.09 Å². The van der Waals surface area contributed by atoms with E-state index in [2.05, 4.69) is 18.2 Å². The molecule has 0 unspecified atom stereocenters. The molecule has 0 aromatic heterocycles. The van der Waals surface area contributed by atoms with Crippen molar-refractivity contribution in [2.75, 3.05) is 19.7 Å². The van der Waals surface area contributed by atoms with E-state index in [9.17, 15) is 4.79 Å². The average Bonchev–Trinajstić information content (AvgIpc) is 2.40. The lowest BCUT2D eigenvalue weighted by Crippen LogP contribution is -2.35. The molecule has 0 N–H and O–H groups in total.